The van der Waals surface area contributed by atoms with Gasteiger partial charge in [0, 0.05) is 30.6 Å². The molecule has 0 saturated carbocycles. The third-order valence-electron chi connectivity index (χ3n) is 3.91. The van der Waals surface area contributed by atoms with Gasteiger partial charge in [0.05, 0.1) is 17.6 Å². The van der Waals surface area contributed by atoms with Crippen LogP contribution in [0.15, 0.2) is 23.0 Å². The molecular weight excluding hydrogens is 330 g/mol. The van der Waals surface area contributed by atoms with E-state index in [4.69, 9.17) is 16.3 Å². The summed E-state index contributed by atoms with van der Waals surface area (Å²) in [4.78, 5) is 28.6. The lowest BCUT2D eigenvalue weighted by molar-refractivity contribution is 0.203. The zero-order chi connectivity index (χ0) is 17.7. The van der Waals surface area contributed by atoms with Crippen molar-refractivity contribution in [1.29, 1.82) is 0 Å². The number of rotatable bonds is 6. The van der Waals surface area contributed by atoms with Crippen molar-refractivity contribution in [3.05, 3.63) is 39.1 Å². The zero-order valence-electron chi connectivity index (χ0n) is 14.1. The lowest BCUT2D eigenvalue weighted by atomic mass is 10.1. The molecule has 0 atom stereocenters. The highest BCUT2D eigenvalue weighted by Gasteiger charge is 2.10. The van der Waals surface area contributed by atoms with Gasteiger partial charge >= 0.3 is 6.03 Å². The van der Waals surface area contributed by atoms with Crippen LogP contribution < -0.4 is 15.6 Å². The van der Waals surface area contributed by atoms with Crippen LogP contribution in [0.2, 0.25) is 5.02 Å². The summed E-state index contributed by atoms with van der Waals surface area (Å²) in [6.07, 6.45) is 0.448. The van der Waals surface area contributed by atoms with Gasteiger partial charge in [-0.25, -0.2) is 4.79 Å². The molecule has 1 heterocycles. The number of H-pyrrole nitrogens is 1. The quantitative estimate of drug-likeness (QED) is 0.840. The number of halogens is 1. The molecule has 0 aliphatic rings. The molecule has 0 bridgehead atoms. The largest absolute Gasteiger partial charge is 0.495 e. The molecule has 24 heavy (non-hydrogen) atoms. The number of fused-ring (bicyclic) bond motifs is 1. The first-order valence-corrected chi connectivity index (χ1v) is 8.30. The Morgan fingerprint density at radius 1 is 1.29 bits per heavy atom. The van der Waals surface area contributed by atoms with Gasteiger partial charge in [-0.05, 0) is 38.5 Å². The fourth-order valence-electron chi connectivity index (χ4n) is 2.52. The highest BCUT2D eigenvalue weighted by Crippen LogP contribution is 2.28. The number of hydrogen-bond donors (Lipinski definition) is 2. The molecule has 1 aromatic carbocycles. The number of nitrogens with zero attached hydrogens (tertiary/aromatic N) is 1. The van der Waals surface area contributed by atoms with Gasteiger partial charge in [0.25, 0.3) is 5.56 Å². The van der Waals surface area contributed by atoms with Crippen molar-refractivity contribution in [3.63, 3.8) is 0 Å². The van der Waals surface area contributed by atoms with Crippen LogP contribution in [0, 0.1) is 0 Å². The van der Waals surface area contributed by atoms with Crippen molar-refractivity contribution in [2.75, 3.05) is 26.7 Å². The third-order valence-corrected chi connectivity index (χ3v) is 4.21. The summed E-state index contributed by atoms with van der Waals surface area (Å²) in [6, 6.07) is 5.14. The molecule has 2 rings (SSSR count). The van der Waals surface area contributed by atoms with Crippen molar-refractivity contribution in [3.8, 4) is 5.75 Å². The summed E-state index contributed by atoms with van der Waals surface area (Å²) in [7, 11) is 1.54. The number of methoxy groups -OCH3 is 1. The molecule has 2 N–H and O–H groups in total. The minimum Gasteiger partial charge on any atom is -0.495 e. The van der Waals surface area contributed by atoms with E-state index in [0.717, 1.165) is 5.39 Å². The number of ether oxygens (including phenoxy) is 1. The van der Waals surface area contributed by atoms with Crippen LogP contribution >= 0.6 is 11.6 Å². The second-order valence-corrected chi connectivity index (χ2v) is 5.76. The van der Waals surface area contributed by atoms with E-state index in [1.165, 1.54) is 0 Å². The Morgan fingerprint density at radius 3 is 2.62 bits per heavy atom. The average Bonchev–Trinajstić information content (AvgIpc) is 2.56. The summed E-state index contributed by atoms with van der Waals surface area (Å²) in [6.45, 7) is 5.55. The highest BCUT2D eigenvalue weighted by atomic mass is 35.5. The van der Waals surface area contributed by atoms with Gasteiger partial charge in [-0.15, -0.1) is 0 Å². The lowest BCUT2D eigenvalue weighted by Gasteiger charge is -2.19. The van der Waals surface area contributed by atoms with E-state index in [2.05, 4.69) is 10.3 Å². The van der Waals surface area contributed by atoms with Crippen LogP contribution in [0.3, 0.4) is 0 Å². The molecule has 0 saturated heterocycles. The Labute approximate surface area is 145 Å². The molecular formula is C17H22ClN3O3. The number of aromatic amines is 1. The number of amides is 2. The van der Waals surface area contributed by atoms with Gasteiger partial charge < -0.3 is 19.9 Å². The lowest BCUT2D eigenvalue weighted by Crippen LogP contribution is -2.40. The van der Waals surface area contributed by atoms with Crippen LogP contribution in [-0.4, -0.2) is 42.7 Å². The van der Waals surface area contributed by atoms with E-state index in [-0.39, 0.29) is 11.6 Å². The predicted molar refractivity (Wildman–Crippen MR) is 96.2 cm³/mol. The Bertz CT molecular complexity index is 784. The number of urea groups is 1. The third kappa shape index (κ3) is 4.00. The van der Waals surface area contributed by atoms with Crippen molar-refractivity contribution in [2.24, 2.45) is 0 Å². The van der Waals surface area contributed by atoms with E-state index in [1.807, 2.05) is 13.8 Å². The first-order valence-electron chi connectivity index (χ1n) is 7.92. The van der Waals surface area contributed by atoms with Gasteiger partial charge in [-0.1, -0.05) is 11.6 Å². The number of hydrogen-bond acceptors (Lipinski definition) is 3. The van der Waals surface area contributed by atoms with Gasteiger partial charge in [-0.2, -0.15) is 0 Å². The fourth-order valence-corrected chi connectivity index (χ4v) is 2.76. The molecule has 7 heteroatoms. The minimum absolute atomic E-state index is 0.120. The number of pyridine rings is 1. The van der Waals surface area contributed by atoms with Crippen LogP contribution in [0.5, 0.6) is 5.75 Å². The maximum Gasteiger partial charge on any atom is 0.317 e. The number of carbonyl (C=O) groups is 1. The SMILES string of the molecule is CCN(CC)C(=O)NCCc1cc2cc(OC)c(Cl)cc2[nH]c1=O. The molecule has 0 radical (unpaired) electrons. The Hall–Kier alpha value is -2.21. The van der Waals surface area contributed by atoms with Crippen molar-refractivity contribution in [1.82, 2.24) is 15.2 Å². The van der Waals surface area contributed by atoms with Crippen LogP contribution in [0.25, 0.3) is 10.9 Å². The zero-order valence-corrected chi connectivity index (χ0v) is 14.9. The smallest absolute Gasteiger partial charge is 0.317 e. The number of benzene rings is 1. The molecule has 1 aromatic heterocycles. The van der Waals surface area contributed by atoms with Crippen LogP contribution in [0.4, 0.5) is 4.79 Å². The van der Waals surface area contributed by atoms with Gasteiger partial charge in [0.2, 0.25) is 0 Å². The van der Waals surface area contributed by atoms with Crippen LogP contribution in [0.1, 0.15) is 19.4 Å². The molecule has 2 amide bonds. The van der Waals surface area contributed by atoms with Gasteiger partial charge in [0.1, 0.15) is 5.75 Å². The Kier molecular flexibility index (Phi) is 6.09. The summed E-state index contributed by atoms with van der Waals surface area (Å²) in [5.41, 5.74) is 1.08. The molecule has 0 spiro atoms. The summed E-state index contributed by atoms with van der Waals surface area (Å²) in [5, 5.41) is 4.11. The highest BCUT2D eigenvalue weighted by molar-refractivity contribution is 6.32. The normalized spacial score (nSPS) is 10.7. The monoisotopic (exact) mass is 351 g/mol. The fraction of sp³-hybridized carbons (Fsp3) is 0.412. The summed E-state index contributed by atoms with van der Waals surface area (Å²) < 4.78 is 5.20. The number of aromatic nitrogens is 1. The van der Waals surface area contributed by atoms with E-state index >= 15 is 0 Å². The predicted octanol–water partition coefficient (Wildman–Crippen LogP) is 2.78. The van der Waals surface area contributed by atoms with E-state index < -0.39 is 0 Å². The van der Waals surface area contributed by atoms with Gasteiger partial charge in [-0.3, -0.25) is 4.79 Å². The molecule has 130 valence electrons. The molecule has 0 aliphatic heterocycles. The first kappa shape index (κ1) is 18.1. The molecule has 0 fully saturated rings. The number of nitrogens with one attached hydrogen (secondary N) is 2. The van der Waals surface area contributed by atoms with E-state index in [9.17, 15) is 9.59 Å². The van der Waals surface area contributed by atoms with Gasteiger partial charge in [0.15, 0.2) is 0 Å². The van der Waals surface area contributed by atoms with Crippen molar-refractivity contribution < 1.29 is 9.53 Å². The Balaban J connectivity index is 2.14. The molecule has 6 nitrogen and oxygen atoms in total. The summed E-state index contributed by atoms with van der Waals surface area (Å²) in [5.74, 6) is 0.553. The maximum absolute atomic E-state index is 12.2. The van der Waals surface area contributed by atoms with E-state index in [0.29, 0.717) is 47.9 Å². The average molecular weight is 352 g/mol. The maximum atomic E-state index is 12.2. The topological polar surface area (TPSA) is 74.4 Å². The first-order chi connectivity index (χ1) is 11.5. The summed E-state index contributed by atoms with van der Waals surface area (Å²) >= 11 is 6.07. The standard InChI is InChI=1S/C17H22ClN3O3/c1-4-21(5-2)17(23)19-7-6-11-8-12-9-15(24-3)13(18)10-14(12)20-16(11)22/h8-10H,4-7H2,1-3H3,(H,19,23)(H,20,22). The van der Waals surface area contributed by atoms with Crippen molar-refractivity contribution >= 4 is 28.5 Å². The molecule has 2 aromatic rings. The second kappa shape index (κ2) is 8.06. The van der Waals surface area contributed by atoms with E-state index in [1.54, 1.807) is 30.2 Å². The number of carbonyl (C=O) groups excluding carboxylic acids is 1. The molecule has 0 unspecified atom stereocenters. The second-order valence-electron chi connectivity index (χ2n) is 5.35. The van der Waals surface area contributed by atoms with Crippen LogP contribution in [-0.2, 0) is 6.42 Å². The molecule has 0 aliphatic carbocycles. The minimum atomic E-state index is -0.180. The Morgan fingerprint density at radius 2 is 2.00 bits per heavy atom. The van der Waals surface area contributed by atoms with Crippen molar-refractivity contribution in [2.45, 2.75) is 20.3 Å².